The molecule has 0 aliphatic heterocycles. The number of hydrogen-bond acceptors (Lipinski definition) is 6. The highest BCUT2D eigenvalue weighted by atomic mass is 32.1. The first kappa shape index (κ1) is 23.1. The van der Waals surface area contributed by atoms with Gasteiger partial charge in [-0.05, 0) is 41.8 Å². The summed E-state index contributed by atoms with van der Waals surface area (Å²) in [6.45, 7) is 2.49. The van der Waals surface area contributed by atoms with Crippen LogP contribution >= 0.6 is 22.7 Å². The summed E-state index contributed by atoms with van der Waals surface area (Å²) < 4.78 is 8.18. The van der Waals surface area contributed by atoms with Crippen LogP contribution in [0.15, 0.2) is 71.0 Å². The van der Waals surface area contributed by atoms with E-state index in [-0.39, 0.29) is 11.8 Å². The lowest BCUT2D eigenvalue weighted by atomic mass is 10.1. The zero-order valence-electron chi connectivity index (χ0n) is 19.1. The van der Waals surface area contributed by atoms with Gasteiger partial charge in [-0.1, -0.05) is 35.6 Å². The monoisotopic (exact) mass is 502 g/mol. The summed E-state index contributed by atoms with van der Waals surface area (Å²) in [5.74, 6) is -0.472. The number of carbonyl (C=O) groups excluding carboxylic acids is 2. The topological polar surface area (TPSA) is 85.6 Å². The number of thiophene rings is 1. The van der Waals surface area contributed by atoms with Crippen LogP contribution in [0.25, 0.3) is 31.7 Å². The van der Waals surface area contributed by atoms with Gasteiger partial charge in [-0.3, -0.25) is 9.59 Å². The third kappa shape index (κ3) is 4.79. The van der Waals surface area contributed by atoms with Crippen LogP contribution in [0.5, 0.6) is 0 Å². The van der Waals surface area contributed by atoms with Gasteiger partial charge in [0.05, 0.1) is 38.5 Å². The van der Waals surface area contributed by atoms with Crippen molar-refractivity contribution in [3.63, 3.8) is 0 Å². The number of hydrogen-bond donors (Lipinski definition) is 1. The number of carbonyl (C=O) groups is 2. The third-order valence-corrected chi connectivity index (χ3v) is 7.37. The highest BCUT2D eigenvalue weighted by molar-refractivity contribution is 7.16. The Kier molecular flexibility index (Phi) is 6.54. The van der Waals surface area contributed by atoms with E-state index in [4.69, 9.17) is 9.72 Å². The minimum absolute atomic E-state index is 0.139. The van der Waals surface area contributed by atoms with Crippen LogP contribution in [0, 0.1) is 0 Å². The molecule has 0 radical (unpaired) electrons. The number of ether oxygens (including phenoxy) is 1. The van der Waals surface area contributed by atoms with E-state index in [0.29, 0.717) is 29.2 Å². The van der Waals surface area contributed by atoms with E-state index in [2.05, 4.69) is 10.3 Å². The number of nitrogens with one attached hydrogen (secondary N) is 1. The Labute approximate surface area is 209 Å². The molecule has 3 aromatic heterocycles. The van der Waals surface area contributed by atoms with Gasteiger partial charge >= 0.3 is 0 Å². The van der Waals surface area contributed by atoms with Crippen LogP contribution in [0.4, 0.5) is 5.69 Å². The number of amides is 2. The van der Waals surface area contributed by atoms with E-state index in [0.717, 1.165) is 31.7 Å². The maximum Gasteiger partial charge on any atom is 0.280 e. The van der Waals surface area contributed by atoms with Crippen molar-refractivity contribution in [1.82, 2.24) is 9.55 Å². The average Bonchev–Trinajstić information content (AvgIpc) is 3.49. The molecular weight excluding hydrogens is 480 g/mol. The molecule has 5 rings (SSSR count). The molecule has 7 nitrogen and oxygen atoms in total. The molecule has 2 amide bonds. The normalized spacial score (nSPS) is 11.9. The fraction of sp³-hybridized carbons (Fsp3) is 0.154. The van der Waals surface area contributed by atoms with Crippen molar-refractivity contribution in [3.05, 3.63) is 76.4 Å². The van der Waals surface area contributed by atoms with Crippen molar-refractivity contribution in [3.8, 4) is 10.6 Å². The zero-order chi connectivity index (χ0) is 24.4. The molecule has 0 saturated carbocycles. The lowest BCUT2D eigenvalue weighted by Gasteiger charge is -2.07. The van der Waals surface area contributed by atoms with Crippen LogP contribution in [0.1, 0.15) is 17.3 Å². The molecule has 0 spiro atoms. The summed E-state index contributed by atoms with van der Waals surface area (Å²) in [7, 11) is 1.64. The van der Waals surface area contributed by atoms with Gasteiger partial charge in [0, 0.05) is 31.7 Å². The SMILES string of the molecule is COCCn1c(=NC(=O)c2cc(-c3cccs3)nc3ccccc23)sc2cc(NC(C)=O)ccc21. The number of rotatable bonds is 6. The van der Waals surface area contributed by atoms with E-state index in [9.17, 15) is 9.59 Å². The predicted octanol–water partition coefficient (Wildman–Crippen LogP) is 5.33. The molecule has 5 aromatic rings. The molecule has 0 atom stereocenters. The van der Waals surface area contributed by atoms with Crippen molar-refractivity contribution in [1.29, 1.82) is 0 Å². The van der Waals surface area contributed by atoms with Gasteiger partial charge in [-0.25, -0.2) is 4.98 Å². The van der Waals surface area contributed by atoms with Crippen LogP contribution in [-0.2, 0) is 16.1 Å². The van der Waals surface area contributed by atoms with Crippen molar-refractivity contribution in [2.45, 2.75) is 13.5 Å². The molecular formula is C26H22N4O3S2. The van der Waals surface area contributed by atoms with Gasteiger partial charge in [-0.15, -0.1) is 11.3 Å². The maximum absolute atomic E-state index is 13.6. The van der Waals surface area contributed by atoms with Crippen LogP contribution in [0.3, 0.4) is 0 Å². The highest BCUT2D eigenvalue weighted by Crippen LogP contribution is 2.28. The Balaban J connectivity index is 1.66. The number of thiazole rings is 1. The van der Waals surface area contributed by atoms with E-state index in [1.54, 1.807) is 18.4 Å². The van der Waals surface area contributed by atoms with Crippen molar-refractivity contribution in [2.24, 2.45) is 4.99 Å². The van der Waals surface area contributed by atoms with Gasteiger partial charge in [0.25, 0.3) is 5.91 Å². The van der Waals surface area contributed by atoms with Crippen LogP contribution in [0.2, 0.25) is 0 Å². The Hall–Kier alpha value is -3.66. The summed E-state index contributed by atoms with van der Waals surface area (Å²) in [6.07, 6.45) is 0. The summed E-state index contributed by atoms with van der Waals surface area (Å²) >= 11 is 2.98. The fourth-order valence-electron chi connectivity index (χ4n) is 3.89. The Morgan fingerprint density at radius 1 is 1.11 bits per heavy atom. The van der Waals surface area contributed by atoms with Crippen molar-refractivity contribution >= 4 is 61.3 Å². The number of methoxy groups -OCH3 is 1. The Bertz CT molecular complexity index is 1620. The number of para-hydroxylation sites is 1. The summed E-state index contributed by atoms with van der Waals surface area (Å²) in [6, 6.07) is 19.1. The standard InChI is InChI=1S/C26H22N4O3S2/c1-16(31)27-17-9-10-22-24(14-17)35-26(30(22)11-12-33-2)29-25(32)19-15-21(23-8-5-13-34-23)28-20-7-4-3-6-18(19)20/h3-10,13-15H,11-12H2,1-2H3,(H,27,31). The second-order valence-electron chi connectivity index (χ2n) is 7.86. The Morgan fingerprint density at radius 2 is 1.97 bits per heavy atom. The van der Waals surface area contributed by atoms with Gasteiger partial charge in [-0.2, -0.15) is 4.99 Å². The van der Waals surface area contributed by atoms with Crippen LogP contribution in [-0.4, -0.2) is 35.1 Å². The summed E-state index contributed by atoms with van der Waals surface area (Å²) in [5.41, 5.74) is 3.63. The molecule has 1 N–H and O–H groups in total. The molecule has 0 bridgehead atoms. The predicted molar refractivity (Wildman–Crippen MR) is 141 cm³/mol. The first-order chi connectivity index (χ1) is 17.0. The molecule has 176 valence electrons. The molecule has 3 heterocycles. The number of benzene rings is 2. The average molecular weight is 503 g/mol. The van der Waals surface area contributed by atoms with E-state index < -0.39 is 0 Å². The third-order valence-electron chi connectivity index (χ3n) is 5.44. The van der Waals surface area contributed by atoms with Gasteiger partial charge in [0.2, 0.25) is 5.91 Å². The maximum atomic E-state index is 13.6. The summed E-state index contributed by atoms with van der Waals surface area (Å²) in [4.78, 5) is 35.9. The van der Waals surface area contributed by atoms with Gasteiger partial charge in [0.15, 0.2) is 4.80 Å². The first-order valence-corrected chi connectivity index (χ1v) is 12.7. The smallest absolute Gasteiger partial charge is 0.280 e. The highest BCUT2D eigenvalue weighted by Gasteiger charge is 2.15. The molecule has 0 aliphatic carbocycles. The quantitative estimate of drug-likeness (QED) is 0.340. The second-order valence-corrected chi connectivity index (χ2v) is 9.82. The number of aromatic nitrogens is 2. The lowest BCUT2D eigenvalue weighted by molar-refractivity contribution is -0.114. The van der Waals surface area contributed by atoms with E-state index in [1.807, 2.05) is 70.6 Å². The number of pyridine rings is 1. The number of fused-ring (bicyclic) bond motifs is 2. The lowest BCUT2D eigenvalue weighted by Crippen LogP contribution is -2.19. The number of nitrogens with zero attached hydrogens (tertiary/aromatic N) is 3. The fourth-order valence-corrected chi connectivity index (χ4v) is 5.67. The van der Waals surface area contributed by atoms with Gasteiger partial charge < -0.3 is 14.6 Å². The first-order valence-electron chi connectivity index (χ1n) is 11.0. The minimum Gasteiger partial charge on any atom is -0.383 e. The molecule has 0 aliphatic rings. The summed E-state index contributed by atoms with van der Waals surface area (Å²) in [5, 5.41) is 5.56. The van der Waals surface area contributed by atoms with E-state index >= 15 is 0 Å². The Morgan fingerprint density at radius 3 is 2.74 bits per heavy atom. The molecule has 9 heteroatoms. The van der Waals surface area contributed by atoms with Gasteiger partial charge in [0.1, 0.15) is 0 Å². The second kappa shape index (κ2) is 9.91. The van der Waals surface area contributed by atoms with E-state index in [1.165, 1.54) is 18.3 Å². The zero-order valence-corrected chi connectivity index (χ0v) is 20.8. The molecule has 0 unspecified atom stereocenters. The minimum atomic E-state index is -0.332. The van der Waals surface area contributed by atoms with Crippen molar-refractivity contribution in [2.75, 3.05) is 19.0 Å². The largest absolute Gasteiger partial charge is 0.383 e. The number of anilines is 1. The van der Waals surface area contributed by atoms with Crippen molar-refractivity contribution < 1.29 is 14.3 Å². The molecule has 2 aromatic carbocycles. The van der Waals surface area contributed by atoms with Crippen LogP contribution < -0.4 is 10.1 Å². The molecule has 0 fully saturated rings. The molecule has 35 heavy (non-hydrogen) atoms. The molecule has 0 saturated heterocycles.